The fourth-order valence-corrected chi connectivity index (χ4v) is 2.89. The topological polar surface area (TPSA) is 46.2 Å². The fraction of sp³-hybridized carbons (Fsp3) is 0.571. The zero-order valence-corrected chi connectivity index (χ0v) is 12.4. The van der Waals surface area contributed by atoms with E-state index in [1.165, 1.54) is 5.56 Å². The highest BCUT2D eigenvalue weighted by Gasteiger charge is 2.13. The van der Waals surface area contributed by atoms with Crippen LogP contribution in [0.15, 0.2) is 24.3 Å². The third kappa shape index (κ3) is 4.69. The molecule has 1 rings (SSSR count). The van der Waals surface area contributed by atoms with Gasteiger partial charge in [0.15, 0.2) is 9.84 Å². The van der Waals surface area contributed by atoms with Gasteiger partial charge in [-0.05, 0) is 30.5 Å². The summed E-state index contributed by atoms with van der Waals surface area (Å²) in [6.07, 6.45) is 0. The van der Waals surface area contributed by atoms with Gasteiger partial charge >= 0.3 is 0 Å². The molecular weight excluding hydrogens is 246 g/mol. The quantitative estimate of drug-likeness (QED) is 0.863. The first-order valence-corrected chi connectivity index (χ1v) is 8.23. The molecule has 0 aliphatic carbocycles. The van der Waals surface area contributed by atoms with Gasteiger partial charge in [0.25, 0.3) is 0 Å². The summed E-state index contributed by atoms with van der Waals surface area (Å²) in [6.45, 7) is 7.87. The van der Waals surface area contributed by atoms with Gasteiger partial charge in [-0.25, -0.2) is 8.42 Å². The molecule has 0 fully saturated rings. The Morgan fingerprint density at radius 2 is 1.89 bits per heavy atom. The molecule has 18 heavy (non-hydrogen) atoms. The van der Waals surface area contributed by atoms with E-state index in [1.54, 1.807) is 6.92 Å². The van der Waals surface area contributed by atoms with E-state index in [4.69, 9.17) is 0 Å². The second-order valence-electron chi connectivity index (χ2n) is 5.02. The van der Waals surface area contributed by atoms with Crippen LogP contribution >= 0.6 is 0 Å². The number of sulfone groups is 1. The van der Waals surface area contributed by atoms with Crippen LogP contribution in [-0.4, -0.2) is 26.0 Å². The smallest absolute Gasteiger partial charge is 0.152 e. The molecule has 1 aromatic carbocycles. The second-order valence-corrected chi connectivity index (χ2v) is 7.42. The summed E-state index contributed by atoms with van der Waals surface area (Å²) in [5, 5.41) is 3.25. The molecule has 0 radical (unpaired) electrons. The number of benzene rings is 1. The van der Waals surface area contributed by atoms with Crippen molar-refractivity contribution in [2.45, 2.75) is 39.7 Å². The van der Waals surface area contributed by atoms with Crippen LogP contribution < -0.4 is 5.32 Å². The van der Waals surface area contributed by atoms with E-state index in [2.05, 4.69) is 31.3 Å². The van der Waals surface area contributed by atoms with E-state index in [0.29, 0.717) is 5.92 Å². The average Bonchev–Trinajstić information content (AvgIpc) is 2.28. The van der Waals surface area contributed by atoms with E-state index >= 15 is 0 Å². The van der Waals surface area contributed by atoms with Crippen molar-refractivity contribution in [2.75, 3.05) is 16.8 Å². The van der Waals surface area contributed by atoms with Crippen molar-refractivity contribution in [3.05, 3.63) is 29.8 Å². The van der Waals surface area contributed by atoms with Crippen molar-refractivity contribution in [2.24, 2.45) is 0 Å². The molecule has 0 aliphatic heterocycles. The number of rotatable bonds is 6. The summed E-state index contributed by atoms with van der Waals surface area (Å²) < 4.78 is 23.1. The van der Waals surface area contributed by atoms with Gasteiger partial charge in [-0.2, -0.15) is 0 Å². The zero-order valence-electron chi connectivity index (χ0n) is 11.6. The van der Waals surface area contributed by atoms with E-state index < -0.39 is 9.84 Å². The predicted octanol–water partition coefficient (Wildman–Crippen LogP) is 3.05. The van der Waals surface area contributed by atoms with Gasteiger partial charge < -0.3 is 5.32 Å². The fourth-order valence-electron chi connectivity index (χ4n) is 1.81. The number of hydrogen-bond donors (Lipinski definition) is 1. The monoisotopic (exact) mass is 269 g/mol. The lowest BCUT2D eigenvalue weighted by molar-refractivity contribution is 0.593. The lowest BCUT2D eigenvalue weighted by Crippen LogP contribution is -2.26. The van der Waals surface area contributed by atoms with Gasteiger partial charge in [0.1, 0.15) is 0 Å². The average molecular weight is 269 g/mol. The largest absolute Gasteiger partial charge is 0.382 e. The van der Waals surface area contributed by atoms with Crippen LogP contribution in [0.25, 0.3) is 0 Å². The van der Waals surface area contributed by atoms with Crippen molar-refractivity contribution in [3.8, 4) is 0 Å². The van der Waals surface area contributed by atoms with Gasteiger partial charge in [-0.15, -0.1) is 0 Å². The minimum Gasteiger partial charge on any atom is -0.382 e. The summed E-state index contributed by atoms with van der Waals surface area (Å²) in [4.78, 5) is 0. The van der Waals surface area contributed by atoms with Crippen LogP contribution in [0, 0.1) is 0 Å². The molecule has 0 heterocycles. The maximum Gasteiger partial charge on any atom is 0.152 e. The summed E-state index contributed by atoms with van der Waals surface area (Å²) >= 11 is 0. The molecule has 0 amide bonds. The van der Waals surface area contributed by atoms with Crippen molar-refractivity contribution in [1.29, 1.82) is 0 Å². The van der Waals surface area contributed by atoms with Crippen LogP contribution in [-0.2, 0) is 9.84 Å². The molecule has 0 spiro atoms. The van der Waals surface area contributed by atoms with Crippen LogP contribution in [0.2, 0.25) is 0 Å². The van der Waals surface area contributed by atoms with E-state index in [1.807, 2.05) is 19.1 Å². The molecule has 0 bridgehead atoms. The molecule has 1 atom stereocenters. The Balaban J connectivity index is 2.70. The maximum absolute atomic E-state index is 11.5. The van der Waals surface area contributed by atoms with Crippen LogP contribution in [0.3, 0.4) is 0 Å². The minimum absolute atomic E-state index is 0.0719. The molecule has 3 nitrogen and oxygen atoms in total. The molecule has 4 heteroatoms. The number of nitrogens with one attached hydrogen (secondary N) is 1. The van der Waals surface area contributed by atoms with E-state index in [0.717, 1.165) is 5.69 Å². The van der Waals surface area contributed by atoms with Gasteiger partial charge in [-0.1, -0.05) is 32.9 Å². The SMILES string of the molecule is CCS(=O)(=O)CC(C)Nc1cccc(C(C)C)c1. The standard InChI is InChI=1S/C14H23NO2S/c1-5-18(16,17)10-12(4)15-14-8-6-7-13(9-14)11(2)3/h6-9,11-12,15H,5,10H2,1-4H3. The van der Waals surface area contributed by atoms with Crippen molar-refractivity contribution in [3.63, 3.8) is 0 Å². The number of anilines is 1. The van der Waals surface area contributed by atoms with Crippen molar-refractivity contribution in [1.82, 2.24) is 0 Å². The Morgan fingerprint density at radius 1 is 1.22 bits per heavy atom. The van der Waals surface area contributed by atoms with Crippen molar-refractivity contribution < 1.29 is 8.42 Å². The highest BCUT2D eigenvalue weighted by molar-refractivity contribution is 7.91. The minimum atomic E-state index is -2.93. The van der Waals surface area contributed by atoms with E-state index in [9.17, 15) is 8.42 Å². The lowest BCUT2D eigenvalue weighted by Gasteiger charge is -2.16. The maximum atomic E-state index is 11.5. The lowest BCUT2D eigenvalue weighted by atomic mass is 10.0. The zero-order chi connectivity index (χ0) is 13.8. The molecule has 1 aromatic rings. The molecular formula is C14H23NO2S. The Kier molecular flexibility index (Phi) is 5.20. The molecule has 0 aromatic heterocycles. The third-order valence-electron chi connectivity index (χ3n) is 2.91. The molecule has 1 unspecified atom stereocenters. The number of hydrogen-bond acceptors (Lipinski definition) is 3. The molecule has 0 saturated carbocycles. The first-order chi connectivity index (χ1) is 8.34. The molecule has 0 saturated heterocycles. The highest BCUT2D eigenvalue weighted by atomic mass is 32.2. The van der Waals surface area contributed by atoms with E-state index in [-0.39, 0.29) is 17.5 Å². The van der Waals surface area contributed by atoms with Crippen LogP contribution in [0.1, 0.15) is 39.2 Å². The van der Waals surface area contributed by atoms with Gasteiger partial charge in [0.2, 0.25) is 0 Å². The molecule has 0 aliphatic rings. The Bertz CT molecular complexity index is 480. The summed E-state index contributed by atoms with van der Waals surface area (Å²) in [6, 6.07) is 8.07. The summed E-state index contributed by atoms with van der Waals surface area (Å²) in [7, 11) is -2.93. The summed E-state index contributed by atoms with van der Waals surface area (Å²) in [5.74, 6) is 0.849. The highest BCUT2D eigenvalue weighted by Crippen LogP contribution is 2.19. The Hall–Kier alpha value is -1.03. The predicted molar refractivity (Wildman–Crippen MR) is 77.9 cm³/mol. The first-order valence-electron chi connectivity index (χ1n) is 6.41. The van der Waals surface area contributed by atoms with Crippen molar-refractivity contribution >= 4 is 15.5 Å². The Morgan fingerprint density at radius 3 is 2.44 bits per heavy atom. The van der Waals surface area contributed by atoms with Gasteiger partial charge in [0, 0.05) is 17.5 Å². The van der Waals surface area contributed by atoms with Crippen LogP contribution in [0.5, 0.6) is 0 Å². The molecule has 1 N–H and O–H groups in total. The van der Waals surface area contributed by atoms with Gasteiger partial charge in [0.05, 0.1) is 5.75 Å². The summed E-state index contributed by atoms with van der Waals surface area (Å²) in [5.41, 5.74) is 2.24. The second kappa shape index (κ2) is 6.23. The Labute approximate surface area is 111 Å². The van der Waals surface area contributed by atoms with Crippen LogP contribution in [0.4, 0.5) is 5.69 Å². The molecule has 102 valence electrons. The van der Waals surface area contributed by atoms with Gasteiger partial charge in [-0.3, -0.25) is 0 Å². The first kappa shape index (κ1) is 15.0. The third-order valence-corrected chi connectivity index (χ3v) is 4.80. The normalized spacial score (nSPS) is 13.6.